The van der Waals surface area contributed by atoms with Crippen molar-refractivity contribution >= 4 is 11.9 Å². The standard InChI is InChI=1S/C12H23NO3/c1-4-6-7-10(12(15)16)8-9-13(3)11(14)5-2/h10H,4-9H2,1-3H3,(H,15,16)/t10-/m1/s1. The number of rotatable bonds is 8. The summed E-state index contributed by atoms with van der Waals surface area (Å²) in [5, 5.41) is 9.01. The van der Waals surface area contributed by atoms with Gasteiger partial charge in [0.1, 0.15) is 0 Å². The second kappa shape index (κ2) is 8.13. The molecule has 0 saturated carbocycles. The Kier molecular flexibility index (Phi) is 7.60. The van der Waals surface area contributed by atoms with Crippen LogP contribution in [0.5, 0.6) is 0 Å². The highest BCUT2D eigenvalue weighted by Crippen LogP contribution is 2.13. The van der Waals surface area contributed by atoms with Gasteiger partial charge in [0.2, 0.25) is 5.91 Å². The summed E-state index contributed by atoms with van der Waals surface area (Å²) in [5.74, 6) is -0.988. The second-order valence-electron chi connectivity index (χ2n) is 4.13. The average Bonchev–Trinajstić information content (AvgIpc) is 2.27. The molecule has 0 spiro atoms. The van der Waals surface area contributed by atoms with Crippen molar-refractivity contribution in [3.63, 3.8) is 0 Å². The summed E-state index contributed by atoms with van der Waals surface area (Å²) in [6.07, 6.45) is 3.68. The van der Waals surface area contributed by atoms with Gasteiger partial charge < -0.3 is 10.0 Å². The van der Waals surface area contributed by atoms with Crippen molar-refractivity contribution in [3.05, 3.63) is 0 Å². The first-order valence-electron chi connectivity index (χ1n) is 5.99. The molecule has 0 aromatic carbocycles. The Morgan fingerprint density at radius 3 is 2.31 bits per heavy atom. The molecule has 0 aromatic heterocycles. The number of carboxylic acid groups (broad SMARTS) is 1. The number of carbonyl (C=O) groups excluding carboxylic acids is 1. The third-order valence-electron chi connectivity index (χ3n) is 2.80. The number of hydrogen-bond donors (Lipinski definition) is 1. The van der Waals surface area contributed by atoms with Crippen LogP contribution in [-0.4, -0.2) is 35.5 Å². The summed E-state index contributed by atoms with van der Waals surface area (Å²) in [5.41, 5.74) is 0. The predicted octanol–water partition coefficient (Wildman–Crippen LogP) is 2.14. The van der Waals surface area contributed by atoms with Gasteiger partial charge in [-0.05, 0) is 12.8 Å². The van der Waals surface area contributed by atoms with Gasteiger partial charge in [-0.15, -0.1) is 0 Å². The Hall–Kier alpha value is -1.06. The largest absolute Gasteiger partial charge is 0.481 e. The first-order chi connectivity index (χ1) is 7.52. The molecule has 1 amide bonds. The highest BCUT2D eigenvalue weighted by molar-refractivity contribution is 5.75. The summed E-state index contributed by atoms with van der Waals surface area (Å²) in [6.45, 7) is 4.39. The van der Waals surface area contributed by atoms with Gasteiger partial charge in [-0.2, -0.15) is 0 Å². The maximum Gasteiger partial charge on any atom is 0.306 e. The Balaban J connectivity index is 4.01. The molecule has 0 aliphatic rings. The molecule has 16 heavy (non-hydrogen) atoms. The van der Waals surface area contributed by atoms with E-state index in [2.05, 4.69) is 0 Å². The number of unbranched alkanes of at least 4 members (excludes halogenated alkanes) is 1. The fourth-order valence-corrected chi connectivity index (χ4v) is 1.59. The van der Waals surface area contributed by atoms with Crippen molar-refractivity contribution in [2.45, 2.75) is 46.0 Å². The number of carboxylic acids is 1. The Labute approximate surface area is 97.6 Å². The summed E-state index contributed by atoms with van der Waals surface area (Å²) >= 11 is 0. The summed E-state index contributed by atoms with van der Waals surface area (Å²) in [4.78, 5) is 23.9. The smallest absolute Gasteiger partial charge is 0.306 e. The molecule has 0 aliphatic carbocycles. The van der Waals surface area contributed by atoms with Crippen molar-refractivity contribution < 1.29 is 14.7 Å². The van der Waals surface area contributed by atoms with E-state index in [1.165, 1.54) is 0 Å². The molecule has 0 bridgehead atoms. The van der Waals surface area contributed by atoms with Crippen LogP contribution in [-0.2, 0) is 9.59 Å². The minimum atomic E-state index is -0.745. The topological polar surface area (TPSA) is 57.6 Å². The maximum absolute atomic E-state index is 11.3. The van der Waals surface area contributed by atoms with Gasteiger partial charge in [0.15, 0.2) is 0 Å². The highest BCUT2D eigenvalue weighted by atomic mass is 16.4. The summed E-state index contributed by atoms with van der Waals surface area (Å²) < 4.78 is 0. The highest BCUT2D eigenvalue weighted by Gasteiger charge is 2.18. The molecule has 0 aliphatic heterocycles. The van der Waals surface area contributed by atoms with E-state index in [-0.39, 0.29) is 11.8 Å². The van der Waals surface area contributed by atoms with Crippen LogP contribution in [0.25, 0.3) is 0 Å². The predicted molar refractivity (Wildman–Crippen MR) is 63.2 cm³/mol. The van der Waals surface area contributed by atoms with Crippen LogP contribution < -0.4 is 0 Å². The second-order valence-corrected chi connectivity index (χ2v) is 4.13. The number of nitrogens with zero attached hydrogens (tertiary/aromatic N) is 1. The van der Waals surface area contributed by atoms with E-state index in [4.69, 9.17) is 5.11 Å². The van der Waals surface area contributed by atoms with Crippen LogP contribution >= 0.6 is 0 Å². The van der Waals surface area contributed by atoms with E-state index in [0.29, 0.717) is 25.8 Å². The number of amides is 1. The average molecular weight is 229 g/mol. The molecule has 0 fully saturated rings. The van der Waals surface area contributed by atoms with Crippen molar-refractivity contribution in [3.8, 4) is 0 Å². The van der Waals surface area contributed by atoms with E-state index >= 15 is 0 Å². The van der Waals surface area contributed by atoms with Gasteiger partial charge in [0, 0.05) is 20.0 Å². The van der Waals surface area contributed by atoms with Crippen LogP contribution in [0.2, 0.25) is 0 Å². The molecular formula is C12H23NO3. The van der Waals surface area contributed by atoms with Gasteiger partial charge in [0.25, 0.3) is 0 Å². The summed E-state index contributed by atoms with van der Waals surface area (Å²) in [6, 6.07) is 0. The van der Waals surface area contributed by atoms with Gasteiger partial charge in [-0.1, -0.05) is 26.7 Å². The van der Waals surface area contributed by atoms with Gasteiger partial charge in [-0.3, -0.25) is 9.59 Å². The quantitative estimate of drug-likeness (QED) is 0.693. The molecule has 0 unspecified atom stereocenters. The molecule has 1 N–H and O–H groups in total. The van der Waals surface area contributed by atoms with Crippen LogP contribution in [0.15, 0.2) is 0 Å². The van der Waals surface area contributed by atoms with Crippen LogP contribution in [0, 0.1) is 5.92 Å². The van der Waals surface area contributed by atoms with Crippen molar-refractivity contribution in [2.75, 3.05) is 13.6 Å². The lowest BCUT2D eigenvalue weighted by atomic mass is 9.98. The van der Waals surface area contributed by atoms with Crippen molar-refractivity contribution in [2.24, 2.45) is 5.92 Å². The maximum atomic E-state index is 11.3. The lowest BCUT2D eigenvalue weighted by molar-refractivity contribution is -0.143. The van der Waals surface area contributed by atoms with Crippen molar-refractivity contribution in [1.82, 2.24) is 4.90 Å². The monoisotopic (exact) mass is 229 g/mol. The molecule has 0 heterocycles. The molecule has 4 heteroatoms. The van der Waals surface area contributed by atoms with Gasteiger partial charge in [-0.25, -0.2) is 0 Å². The van der Waals surface area contributed by atoms with Crippen LogP contribution in [0.1, 0.15) is 46.0 Å². The number of carbonyl (C=O) groups is 2. The first kappa shape index (κ1) is 14.9. The zero-order valence-electron chi connectivity index (χ0n) is 10.5. The van der Waals surface area contributed by atoms with E-state index in [0.717, 1.165) is 12.8 Å². The molecule has 94 valence electrons. The van der Waals surface area contributed by atoms with Gasteiger partial charge >= 0.3 is 5.97 Å². The zero-order valence-corrected chi connectivity index (χ0v) is 10.5. The molecular weight excluding hydrogens is 206 g/mol. The minimum Gasteiger partial charge on any atom is -0.481 e. The lowest BCUT2D eigenvalue weighted by Gasteiger charge is -2.19. The molecule has 1 atom stereocenters. The van der Waals surface area contributed by atoms with Gasteiger partial charge in [0.05, 0.1) is 5.92 Å². The van der Waals surface area contributed by atoms with E-state index < -0.39 is 5.97 Å². The summed E-state index contributed by atoms with van der Waals surface area (Å²) in [7, 11) is 1.73. The Bertz CT molecular complexity index is 228. The third kappa shape index (κ3) is 5.73. The van der Waals surface area contributed by atoms with Crippen LogP contribution in [0.3, 0.4) is 0 Å². The fraction of sp³-hybridized carbons (Fsp3) is 0.833. The molecule has 0 rings (SSSR count). The zero-order chi connectivity index (χ0) is 12.6. The normalized spacial score (nSPS) is 12.2. The van der Waals surface area contributed by atoms with E-state index in [9.17, 15) is 9.59 Å². The molecule has 0 aromatic rings. The number of hydrogen-bond acceptors (Lipinski definition) is 2. The molecule has 0 saturated heterocycles. The Morgan fingerprint density at radius 2 is 1.88 bits per heavy atom. The van der Waals surface area contributed by atoms with E-state index in [1.54, 1.807) is 11.9 Å². The SMILES string of the molecule is CCCC[C@H](CCN(C)C(=O)CC)C(=O)O. The molecule has 4 nitrogen and oxygen atoms in total. The van der Waals surface area contributed by atoms with E-state index in [1.807, 2.05) is 13.8 Å². The number of aliphatic carboxylic acids is 1. The first-order valence-corrected chi connectivity index (χ1v) is 5.99. The lowest BCUT2D eigenvalue weighted by Crippen LogP contribution is -2.29. The minimum absolute atomic E-state index is 0.0691. The third-order valence-corrected chi connectivity index (χ3v) is 2.80. The van der Waals surface area contributed by atoms with Crippen molar-refractivity contribution in [1.29, 1.82) is 0 Å². The molecule has 0 radical (unpaired) electrons. The van der Waals surface area contributed by atoms with Crippen LogP contribution in [0.4, 0.5) is 0 Å². The fourth-order valence-electron chi connectivity index (χ4n) is 1.59. The Morgan fingerprint density at radius 1 is 1.25 bits per heavy atom.